The second-order valence-electron chi connectivity index (χ2n) is 4.82. The maximum atomic E-state index is 13.2. The highest BCUT2D eigenvalue weighted by Crippen LogP contribution is 2.37. The molecule has 0 amide bonds. The van der Waals surface area contributed by atoms with E-state index in [2.05, 4.69) is 6.07 Å². The van der Waals surface area contributed by atoms with Gasteiger partial charge in [-0.15, -0.1) is 22.9 Å². The molecule has 1 aliphatic rings. The SMILES string of the molecule is Fc1ccc(CC(Cl)c2cc3c(s2)CCSC3)cc1F. The zero-order valence-electron chi connectivity index (χ0n) is 10.7. The number of fused-ring (bicyclic) bond motifs is 1. The summed E-state index contributed by atoms with van der Waals surface area (Å²) in [6.45, 7) is 0. The van der Waals surface area contributed by atoms with Crippen LogP contribution in [0, 0.1) is 11.6 Å². The van der Waals surface area contributed by atoms with Crippen LogP contribution in [-0.2, 0) is 18.6 Å². The van der Waals surface area contributed by atoms with Gasteiger partial charge in [0.2, 0.25) is 0 Å². The second kappa shape index (κ2) is 6.04. The Kier molecular flexibility index (Phi) is 4.34. The Morgan fingerprint density at radius 2 is 2.05 bits per heavy atom. The number of benzene rings is 1. The lowest BCUT2D eigenvalue weighted by Gasteiger charge is -2.08. The maximum Gasteiger partial charge on any atom is 0.159 e. The lowest BCUT2D eigenvalue weighted by Crippen LogP contribution is -1.96. The summed E-state index contributed by atoms with van der Waals surface area (Å²) < 4.78 is 26.1. The fraction of sp³-hybridized carbons (Fsp3) is 0.333. The number of alkyl halides is 1. The van der Waals surface area contributed by atoms with Gasteiger partial charge in [-0.25, -0.2) is 8.78 Å². The summed E-state index contributed by atoms with van der Waals surface area (Å²) >= 11 is 10.1. The average Bonchev–Trinajstić information content (AvgIpc) is 2.87. The van der Waals surface area contributed by atoms with Crippen LogP contribution < -0.4 is 0 Å². The minimum absolute atomic E-state index is 0.180. The van der Waals surface area contributed by atoms with Gasteiger partial charge in [0.05, 0.1) is 5.38 Å². The third-order valence-electron chi connectivity index (χ3n) is 3.35. The van der Waals surface area contributed by atoms with Gasteiger partial charge in [0.15, 0.2) is 11.6 Å². The van der Waals surface area contributed by atoms with Crippen molar-refractivity contribution in [3.05, 3.63) is 56.8 Å². The third-order valence-corrected chi connectivity index (χ3v) is 6.23. The van der Waals surface area contributed by atoms with Crippen molar-refractivity contribution in [2.24, 2.45) is 0 Å². The maximum absolute atomic E-state index is 13.2. The Hall–Kier alpha value is -0.580. The van der Waals surface area contributed by atoms with Gasteiger partial charge in [-0.05, 0) is 47.9 Å². The molecule has 3 rings (SSSR count). The topological polar surface area (TPSA) is 0 Å². The first-order chi connectivity index (χ1) is 9.63. The molecule has 5 heteroatoms. The molecule has 0 fully saturated rings. The minimum Gasteiger partial charge on any atom is -0.204 e. The number of rotatable bonds is 3. The molecule has 0 aliphatic carbocycles. The molecular formula is C15H13ClF2S2. The van der Waals surface area contributed by atoms with Gasteiger partial charge < -0.3 is 0 Å². The molecule has 0 bridgehead atoms. The smallest absolute Gasteiger partial charge is 0.159 e. The highest BCUT2D eigenvalue weighted by atomic mass is 35.5. The molecule has 0 spiro atoms. The number of thiophene rings is 1. The van der Waals surface area contributed by atoms with Crippen molar-refractivity contribution < 1.29 is 8.78 Å². The van der Waals surface area contributed by atoms with Crippen LogP contribution >= 0.6 is 34.7 Å². The van der Waals surface area contributed by atoms with E-state index in [0.717, 1.165) is 28.7 Å². The molecule has 106 valence electrons. The Labute approximate surface area is 130 Å². The first-order valence-corrected chi connectivity index (χ1v) is 8.81. The van der Waals surface area contributed by atoms with Gasteiger partial charge in [-0.2, -0.15) is 11.8 Å². The summed E-state index contributed by atoms with van der Waals surface area (Å²) in [7, 11) is 0. The van der Waals surface area contributed by atoms with Crippen molar-refractivity contribution in [1.82, 2.24) is 0 Å². The van der Waals surface area contributed by atoms with Crippen LogP contribution in [0.4, 0.5) is 8.78 Å². The molecule has 1 aromatic heterocycles. The van der Waals surface area contributed by atoms with E-state index in [4.69, 9.17) is 11.6 Å². The summed E-state index contributed by atoms with van der Waals surface area (Å²) in [6, 6.07) is 6.15. The standard InChI is InChI=1S/C15H13ClF2S2/c16-11(5-9-1-2-12(17)13(18)6-9)15-7-10-8-19-4-3-14(10)20-15/h1-2,6-7,11H,3-5,8H2. The van der Waals surface area contributed by atoms with Crippen LogP contribution in [0.1, 0.15) is 26.3 Å². The Balaban J connectivity index is 1.76. The average molecular weight is 331 g/mol. The largest absolute Gasteiger partial charge is 0.204 e. The fourth-order valence-electron chi connectivity index (χ4n) is 2.30. The molecule has 0 nitrogen and oxygen atoms in total. The molecule has 20 heavy (non-hydrogen) atoms. The van der Waals surface area contributed by atoms with Crippen LogP contribution in [0.25, 0.3) is 0 Å². The molecule has 0 saturated heterocycles. The van der Waals surface area contributed by atoms with E-state index < -0.39 is 11.6 Å². The van der Waals surface area contributed by atoms with Crippen molar-refractivity contribution in [3.8, 4) is 0 Å². The van der Waals surface area contributed by atoms with Crippen molar-refractivity contribution >= 4 is 34.7 Å². The van der Waals surface area contributed by atoms with Crippen LogP contribution in [0.2, 0.25) is 0 Å². The molecule has 1 unspecified atom stereocenters. The van der Waals surface area contributed by atoms with Crippen LogP contribution in [0.5, 0.6) is 0 Å². The van der Waals surface area contributed by atoms with E-state index in [-0.39, 0.29) is 5.38 Å². The number of hydrogen-bond acceptors (Lipinski definition) is 2. The van der Waals surface area contributed by atoms with E-state index >= 15 is 0 Å². The van der Waals surface area contributed by atoms with Crippen LogP contribution in [-0.4, -0.2) is 5.75 Å². The number of hydrogen-bond donors (Lipinski definition) is 0. The summed E-state index contributed by atoms with van der Waals surface area (Å²) in [5.41, 5.74) is 2.11. The first kappa shape index (κ1) is 14.4. The quantitative estimate of drug-likeness (QED) is 0.685. The highest BCUT2D eigenvalue weighted by Gasteiger charge is 2.18. The zero-order chi connectivity index (χ0) is 14.1. The van der Waals surface area contributed by atoms with Gasteiger partial charge >= 0.3 is 0 Å². The molecule has 2 aromatic rings. The van der Waals surface area contributed by atoms with Crippen LogP contribution in [0.15, 0.2) is 24.3 Å². The third kappa shape index (κ3) is 3.02. The minimum atomic E-state index is -0.816. The Morgan fingerprint density at radius 1 is 1.20 bits per heavy atom. The predicted molar refractivity (Wildman–Crippen MR) is 82.8 cm³/mol. The summed E-state index contributed by atoms with van der Waals surface area (Å²) in [6.07, 6.45) is 1.63. The molecule has 0 saturated carbocycles. The second-order valence-corrected chi connectivity index (χ2v) is 7.62. The Morgan fingerprint density at radius 3 is 2.80 bits per heavy atom. The molecule has 1 aromatic carbocycles. The van der Waals surface area contributed by atoms with Crippen LogP contribution in [0.3, 0.4) is 0 Å². The summed E-state index contributed by atoms with van der Waals surface area (Å²) in [5, 5.41) is -0.180. The molecular weight excluding hydrogens is 318 g/mol. The lowest BCUT2D eigenvalue weighted by molar-refractivity contribution is 0.507. The van der Waals surface area contributed by atoms with Gasteiger partial charge in [0, 0.05) is 15.5 Å². The Bertz CT molecular complexity index is 601. The van der Waals surface area contributed by atoms with E-state index in [9.17, 15) is 8.78 Å². The predicted octanol–water partition coefficient (Wildman–Crippen LogP) is 5.34. The molecule has 1 atom stereocenters. The normalized spacial score (nSPS) is 15.9. The lowest BCUT2D eigenvalue weighted by atomic mass is 10.1. The molecule has 0 radical (unpaired) electrons. The van der Waals surface area contributed by atoms with Crippen molar-refractivity contribution in [2.45, 2.75) is 24.0 Å². The van der Waals surface area contributed by atoms with Gasteiger partial charge in [0.25, 0.3) is 0 Å². The van der Waals surface area contributed by atoms with Crippen molar-refractivity contribution in [3.63, 3.8) is 0 Å². The van der Waals surface area contributed by atoms with Gasteiger partial charge in [-0.3, -0.25) is 0 Å². The van der Waals surface area contributed by atoms with Gasteiger partial charge in [0.1, 0.15) is 0 Å². The monoisotopic (exact) mass is 330 g/mol. The first-order valence-electron chi connectivity index (χ1n) is 6.40. The van der Waals surface area contributed by atoms with Gasteiger partial charge in [-0.1, -0.05) is 6.07 Å². The number of halogens is 3. The van der Waals surface area contributed by atoms with Crippen molar-refractivity contribution in [2.75, 3.05) is 5.75 Å². The number of thioether (sulfide) groups is 1. The van der Waals surface area contributed by atoms with E-state index in [1.807, 2.05) is 11.8 Å². The zero-order valence-corrected chi connectivity index (χ0v) is 13.1. The van der Waals surface area contributed by atoms with E-state index in [1.54, 1.807) is 17.4 Å². The molecule has 0 N–H and O–H groups in total. The highest BCUT2D eigenvalue weighted by molar-refractivity contribution is 7.98. The summed E-state index contributed by atoms with van der Waals surface area (Å²) in [4.78, 5) is 2.55. The molecule has 2 heterocycles. The summed E-state index contributed by atoms with van der Waals surface area (Å²) in [5.74, 6) is 0.598. The van der Waals surface area contributed by atoms with Crippen molar-refractivity contribution in [1.29, 1.82) is 0 Å². The fourth-order valence-corrected chi connectivity index (χ4v) is 5.03. The van der Waals surface area contributed by atoms with E-state index in [0.29, 0.717) is 6.42 Å². The van der Waals surface area contributed by atoms with E-state index in [1.165, 1.54) is 22.3 Å². The molecule has 1 aliphatic heterocycles. The number of aryl methyl sites for hydroxylation is 1.